The fourth-order valence-electron chi connectivity index (χ4n) is 9.85. The molecule has 13 rings (SSSR count). The summed E-state index contributed by atoms with van der Waals surface area (Å²) in [6.07, 6.45) is 0. The first kappa shape index (κ1) is 34.5. The van der Waals surface area contributed by atoms with Gasteiger partial charge in [0.25, 0.3) is 0 Å². The fraction of sp³-hybridized carbons (Fsp3) is 0. The van der Waals surface area contributed by atoms with Gasteiger partial charge in [0.1, 0.15) is 0 Å². The summed E-state index contributed by atoms with van der Waals surface area (Å²) in [6.45, 7) is 0. The van der Waals surface area contributed by atoms with E-state index in [0.29, 0.717) is 5.95 Å². The average Bonchev–Trinajstić information content (AvgIpc) is 3.86. The summed E-state index contributed by atoms with van der Waals surface area (Å²) in [5.41, 5.74) is 13.3. The SMILES string of the molecule is c1ccc(-c2ccc3ccc(-c4nc(-n5c6ccccc6c6ccc(-c7cc8c9ccccc9n(-c9ccccc9)c8c8ccccc78)cc65)nc5ccccc45)cc3c2)cc1. The maximum atomic E-state index is 5.51. The van der Waals surface area contributed by atoms with Crippen LogP contribution in [-0.2, 0) is 0 Å². The number of hydrogen-bond donors (Lipinski definition) is 0. The Morgan fingerprint density at radius 2 is 0.887 bits per heavy atom. The number of nitrogens with zero attached hydrogens (tertiary/aromatic N) is 4. The Kier molecular flexibility index (Phi) is 7.57. The van der Waals surface area contributed by atoms with Crippen molar-refractivity contribution in [1.29, 1.82) is 0 Å². The van der Waals surface area contributed by atoms with Crippen molar-refractivity contribution in [2.24, 2.45) is 0 Å². The maximum Gasteiger partial charge on any atom is 0.235 e. The van der Waals surface area contributed by atoms with Gasteiger partial charge < -0.3 is 4.57 Å². The van der Waals surface area contributed by atoms with E-state index < -0.39 is 0 Å². The molecule has 0 amide bonds. The second-order valence-corrected chi connectivity index (χ2v) is 16.2. The van der Waals surface area contributed by atoms with Gasteiger partial charge in [0.2, 0.25) is 5.95 Å². The number of hydrogen-bond acceptors (Lipinski definition) is 2. The summed E-state index contributed by atoms with van der Waals surface area (Å²) in [5.74, 6) is 0.645. The molecule has 0 spiro atoms. The molecule has 10 aromatic carbocycles. The Balaban J connectivity index is 1.05. The molecule has 13 aromatic rings. The van der Waals surface area contributed by atoms with Crippen molar-refractivity contribution in [3.63, 3.8) is 0 Å². The van der Waals surface area contributed by atoms with E-state index in [-0.39, 0.29) is 0 Å². The molecule has 0 bridgehead atoms. The molecule has 0 unspecified atom stereocenters. The van der Waals surface area contributed by atoms with Gasteiger partial charge in [-0.15, -0.1) is 0 Å². The third-order valence-electron chi connectivity index (χ3n) is 12.7. The first-order chi connectivity index (χ1) is 30.7. The van der Waals surface area contributed by atoms with Gasteiger partial charge in [-0.3, -0.25) is 4.57 Å². The quantitative estimate of drug-likeness (QED) is 0.174. The van der Waals surface area contributed by atoms with Crippen LogP contribution in [0.15, 0.2) is 218 Å². The Morgan fingerprint density at radius 1 is 0.306 bits per heavy atom. The zero-order valence-corrected chi connectivity index (χ0v) is 33.6. The van der Waals surface area contributed by atoms with Crippen molar-refractivity contribution in [2.75, 3.05) is 0 Å². The third kappa shape index (κ3) is 5.27. The minimum Gasteiger partial charge on any atom is -0.309 e. The lowest BCUT2D eigenvalue weighted by molar-refractivity contribution is 1.01. The van der Waals surface area contributed by atoms with E-state index in [0.717, 1.165) is 55.2 Å². The standard InChI is InChI=1S/C58H36N4/c1-3-15-37(16-4-1)39-29-27-38-28-30-41(34-42(38)33-39)56-49-23-9-12-24-52(49)59-58(60-56)62-54-26-14-10-20-45(54)47-32-31-40(35-55(47)62)50-36-51-46-21-11-13-25-53(46)61(43-17-5-2-6-18-43)57(51)48-22-8-7-19-44(48)50/h1-36H. The highest BCUT2D eigenvalue weighted by Crippen LogP contribution is 2.43. The molecular weight excluding hydrogens is 753 g/mol. The summed E-state index contributed by atoms with van der Waals surface area (Å²) < 4.78 is 4.69. The zero-order valence-electron chi connectivity index (χ0n) is 33.6. The fourth-order valence-corrected chi connectivity index (χ4v) is 9.85. The van der Waals surface area contributed by atoms with Gasteiger partial charge in [0.05, 0.1) is 33.3 Å². The molecule has 62 heavy (non-hydrogen) atoms. The lowest BCUT2D eigenvalue weighted by Gasteiger charge is -2.14. The van der Waals surface area contributed by atoms with Crippen LogP contribution in [0.1, 0.15) is 0 Å². The first-order valence-electron chi connectivity index (χ1n) is 21.2. The largest absolute Gasteiger partial charge is 0.309 e. The molecule has 4 nitrogen and oxygen atoms in total. The van der Waals surface area contributed by atoms with Gasteiger partial charge in [-0.1, -0.05) is 164 Å². The molecule has 0 aliphatic heterocycles. The van der Waals surface area contributed by atoms with Gasteiger partial charge >= 0.3 is 0 Å². The molecule has 0 saturated heterocycles. The van der Waals surface area contributed by atoms with Crippen LogP contribution in [0.5, 0.6) is 0 Å². The summed E-state index contributed by atoms with van der Waals surface area (Å²) >= 11 is 0. The van der Waals surface area contributed by atoms with Gasteiger partial charge in [0.15, 0.2) is 0 Å². The molecule has 0 radical (unpaired) electrons. The van der Waals surface area contributed by atoms with Crippen LogP contribution in [0.25, 0.3) is 121 Å². The van der Waals surface area contributed by atoms with Gasteiger partial charge in [0, 0.05) is 43.6 Å². The Morgan fingerprint density at radius 3 is 1.68 bits per heavy atom. The molecule has 4 heteroatoms. The minimum absolute atomic E-state index is 0.645. The van der Waals surface area contributed by atoms with Crippen LogP contribution in [0.4, 0.5) is 0 Å². The predicted octanol–water partition coefficient (Wildman–Crippen LogP) is 15.1. The molecular formula is C58H36N4. The van der Waals surface area contributed by atoms with Gasteiger partial charge in [-0.25, -0.2) is 9.97 Å². The molecule has 288 valence electrons. The maximum absolute atomic E-state index is 5.51. The summed E-state index contributed by atoms with van der Waals surface area (Å²) in [6, 6.07) is 78.6. The Labute approximate surface area is 357 Å². The average molecular weight is 789 g/mol. The number of rotatable bonds is 5. The van der Waals surface area contributed by atoms with Crippen molar-refractivity contribution in [3.8, 4) is 45.1 Å². The minimum atomic E-state index is 0.645. The Hall–Kier alpha value is -8.34. The van der Waals surface area contributed by atoms with Crippen LogP contribution in [0, 0.1) is 0 Å². The van der Waals surface area contributed by atoms with Gasteiger partial charge in [-0.05, 0) is 93.0 Å². The topological polar surface area (TPSA) is 35.6 Å². The van der Waals surface area contributed by atoms with E-state index in [2.05, 4.69) is 228 Å². The van der Waals surface area contributed by atoms with Gasteiger partial charge in [-0.2, -0.15) is 0 Å². The number of fused-ring (bicyclic) bond motifs is 10. The predicted molar refractivity (Wildman–Crippen MR) is 260 cm³/mol. The van der Waals surface area contributed by atoms with Crippen LogP contribution in [-0.4, -0.2) is 19.1 Å². The Bertz CT molecular complexity index is 3920. The van der Waals surface area contributed by atoms with E-state index in [9.17, 15) is 0 Å². The molecule has 0 aliphatic rings. The molecule has 0 fully saturated rings. The number of aromatic nitrogens is 4. The normalized spacial score (nSPS) is 11.9. The summed E-state index contributed by atoms with van der Waals surface area (Å²) in [4.78, 5) is 10.8. The van der Waals surface area contributed by atoms with Crippen LogP contribution >= 0.6 is 0 Å². The molecule has 3 heterocycles. The van der Waals surface area contributed by atoms with E-state index in [1.54, 1.807) is 0 Å². The second kappa shape index (κ2) is 13.6. The number of para-hydroxylation sites is 4. The van der Waals surface area contributed by atoms with Crippen molar-refractivity contribution < 1.29 is 0 Å². The third-order valence-corrected chi connectivity index (χ3v) is 12.7. The molecule has 3 aromatic heterocycles. The van der Waals surface area contributed by atoms with Crippen molar-refractivity contribution in [2.45, 2.75) is 0 Å². The smallest absolute Gasteiger partial charge is 0.235 e. The molecule has 0 aliphatic carbocycles. The number of benzene rings is 10. The second-order valence-electron chi connectivity index (χ2n) is 16.2. The highest BCUT2D eigenvalue weighted by molar-refractivity contribution is 6.22. The first-order valence-corrected chi connectivity index (χ1v) is 21.2. The van der Waals surface area contributed by atoms with E-state index >= 15 is 0 Å². The summed E-state index contributed by atoms with van der Waals surface area (Å²) in [7, 11) is 0. The lowest BCUT2D eigenvalue weighted by Crippen LogP contribution is -2.03. The van der Waals surface area contributed by atoms with E-state index in [1.165, 1.54) is 60.0 Å². The van der Waals surface area contributed by atoms with Crippen molar-refractivity contribution >= 4 is 76.1 Å². The van der Waals surface area contributed by atoms with Crippen LogP contribution < -0.4 is 0 Å². The van der Waals surface area contributed by atoms with Crippen molar-refractivity contribution in [3.05, 3.63) is 218 Å². The van der Waals surface area contributed by atoms with Crippen LogP contribution in [0.3, 0.4) is 0 Å². The van der Waals surface area contributed by atoms with E-state index in [4.69, 9.17) is 9.97 Å². The highest BCUT2D eigenvalue weighted by atomic mass is 15.2. The van der Waals surface area contributed by atoms with Crippen molar-refractivity contribution in [1.82, 2.24) is 19.1 Å². The summed E-state index contributed by atoms with van der Waals surface area (Å²) in [5, 5.41) is 10.6. The van der Waals surface area contributed by atoms with Crippen LogP contribution in [0.2, 0.25) is 0 Å². The zero-order chi connectivity index (χ0) is 40.7. The molecule has 0 N–H and O–H groups in total. The van der Waals surface area contributed by atoms with E-state index in [1.807, 2.05) is 0 Å². The molecule has 0 atom stereocenters. The molecule has 0 saturated carbocycles. The highest BCUT2D eigenvalue weighted by Gasteiger charge is 2.21. The monoisotopic (exact) mass is 788 g/mol. The lowest BCUT2D eigenvalue weighted by atomic mass is 9.94.